The van der Waals surface area contributed by atoms with Crippen molar-refractivity contribution in [3.8, 4) is 28.6 Å². The number of anilines is 2. The molecule has 32 heavy (non-hydrogen) atoms. The highest BCUT2D eigenvalue weighted by atomic mass is 35.5. The normalized spacial score (nSPS) is 12.3. The highest BCUT2D eigenvalue weighted by Crippen LogP contribution is 2.36. The lowest BCUT2D eigenvalue weighted by molar-refractivity contribution is 0.312. The van der Waals surface area contributed by atoms with Gasteiger partial charge in [0.2, 0.25) is 5.95 Å². The summed E-state index contributed by atoms with van der Waals surface area (Å²) in [6.07, 6.45) is 3.74. The summed E-state index contributed by atoms with van der Waals surface area (Å²) in [5.74, 6) is 3.00. The number of benzene rings is 2. The molecule has 0 bridgehead atoms. The molecule has 5 rings (SSSR count). The number of methoxy groups -OCH3 is 1. The zero-order chi connectivity index (χ0) is 20.7. The lowest BCUT2D eigenvalue weighted by Crippen LogP contribution is -2.30. The van der Waals surface area contributed by atoms with Crippen molar-refractivity contribution in [2.45, 2.75) is 6.92 Å². The van der Waals surface area contributed by atoms with Gasteiger partial charge in [0, 0.05) is 18.8 Å². The van der Waals surface area contributed by atoms with E-state index in [4.69, 9.17) is 14.5 Å². The Hall–Kier alpha value is -3.23. The molecule has 1 aliphatic rings. The van der Waals surface area contributed by atoms with E-state index in [1.54, 1.807) is 18.1 Å². The van der Waals surface area contributed by atoms with Crippen molar-refractivity contribution in [3.05, 3.63) is 60.7 Å². The highest BCUT2D eigenvalue weighted by molar-refractivity contribution is 5.85. The van der Waals surface area contributed by atoms with Crippen LogP contribution in [0.4, 0.5) is 11.6 Å². The number of aryl methyl sites for hydroxylation is 2. The minimum absolute atomic E-state index is 0. The van der Waals surface area contributed by atoms with Crippen LogP contribution in [0.15, 0.2) is 55.0 Å². The van der Waals surface area contributed by atoms with Gasteiger partial charge in [-0.25, -0.2) is 9.67 Å². The highest BCUT2D eigenvalue weighted by Gasteiger charge is 2.24. The molecule has 0 unspecified atom stereocenters. The number of rotatable bonds is 4. The number of ether oxygens (including phenoxy) is 2. The van der Waals surface area contributed by atoms with Crippen LogP contribution in [-0.2, 0) is 7.05 Å². The van der Waals surface area contributed by atoms with Crippen LogP contribution in [0.5, 0.6) is 11.5 Å². The van der Waals surface area contributed by atoms with Crippen molar-refractivity contribution in [1.29, 1.82) is 0 Å². The number of halogens is 2. The van der Waals surface area contributed by atoms with Crippen LogP contribution in [-0.4, -0.2) is 44.6 Å². The van der Waals surface area contributed by atoms with Gasteiger partial charge in [-0.1, -0.05) is 12.1 Å². The Morgan fingerprint density at radius 3 is 2.62 bits per heavy atom. The quantitative estimate of drug-likeness (QED) is 0.437. The molecule has 0 saturated heterocycles. The molecule has 0 amide bonds. The van der Waals surface area contributed by atoms with Crippen LogP contribution >= 0.6 is 24.8 Å². The molecule has 3 heterocycles. The maximum Gasteiger partial charge on any atom is 0.228 e. The third kappa shape index (κ3) is 4.11. The van der Waals surface area contributed by atoms with Gasteiger partial charge in [0.25, 0.3) is 0 Å². The van der Waals surface area contributed by atoms with Crippen LogP contribution in [0, 0.1) is 6.92 Å². The number of imidazole rings is 1. The molecular weight excluding hydrogens is 451 g/mol. The van der Waals surface area contributed by atoms with Gasteiger partial charge in [0.15, 0.2) is 5.82 Å². The molecule has 1 aliphatic heterocycles. The van der Waals surface area contributed by atoms with Crippen LogP contribution in [0.3, 0.4) is 0 Å². The first-order valence-electron chi connectivity index (χ1n) is 9.74. The fourth-order valence-electron chi connectivity index (χ4n) is 3.69. The number of hydrogen-bond acceptors (Lipinski definition) is 6. The van der Waals surface area contributed by atoms with Gasteiger partial charge < -0.3 is 18.9 Å². The largest absolute Gasteiger partial charge is 0.495 e. The van der Waals surface area contributed by atoms with Gasteiger partial charge in [-0.2, -0.15) is 4.98 Å². The molecule has 0 aliphatic carbocycles. The van der Waals surface area contributed by atoms with E-state index in [0.29, 0.717) is 19.0 Å². The van der Waals surface area contributed by atoms with Crippen molar-refractivity contribution >= 4 is 36.4 Å². The van der Waals surface area contributed by atoms with Crippen LogP contribution < -0.4 is 14.4 Å². The summed E-state index contributed by atoms with van der Waals surface area (Å²) >= 11 is 0. The summed E-state index contributed by atoms with van der Waals surface area (Å²) in [4.78, 5) is 11.3. The number of fused-ring (bicyclic) bond motifs is 1. The van der Waals surface area contributed by atoms with Crippen molar-refractivity contribution < 1.29 is 9.47 Å². The second-order valence-electron chi connectivity index (χ2n) is 7.14. The van der Waals surface area contributed by atoms with Crippen molar-refractivity contribution in [2.24, 2.45) is 7.05 Å². The summed E-state index contributed by atoms with van der Waals surface area (Å²) in [6, 6.07) is 13.9. The zero-order valence-corrected chi connectivity index (χ0v) is 19.6. The maximum atomic E-state index is 5.77. The van der Waals surface area contributed by atoms with E-state index in [1.807, 2.05) is 67.2 Å². The molecule has 0 radical (unpaired) electrons. The summed E-state index contributed by atoms with van der Waals surface area (Å²) in [6.45, 7) is 3.28. The van der Waals surface area contributed by atoms with Crippen molar-refractivity contribution in [1.82, 2.24) is 24.3 Å². The van der Waals surface area contributed by atoms with Crippen LogP contribution in [0.1, 0.15) is 5.69 Å². The van der Waals surface area contributed by atoms with E-state index >= 15 is 0 Å². The smallest absolute Gasteiger partial charge is 0.228 e. The van der Waals surface area contributed by atoms with E-state index in [0.717, 1.165) is 40.1 Å². The average Bonchev–Trinajstić information content (AvgIpc) is 3.38. The number of para-hydroxylation sites is 2. The maximum absolute atomic E-state index is 5.77. The van der Waals surface area contributed by atoms with Crippen LogP contribution in [0.2, 0.25) is 0 Å². The van der Waals surface area contributed by atoms with E-state index in [9.17, 15) is 0 Å². The van der Waals surface area contributed by atoms with E-state index < -0.39 is 0 Å². The van der Waals surface area contributed by atoms with Gasteiger partial charge in [0.1, 0.15) is 18.1 Å². The fraction of sp³-hybridized carbons (Fsp3) is 0.227. The standard InChI is InChI=1S/C22H22N6O2.2ClH/c1-15-13-27(14-23-15)17-9-8-16(12-20(17)29-3)21-24-22(26(2)25-21)28-10-11-30-19-7-5-4-6-18(19)28;;/h4-9,12-14H,10-11H2,1-3H3;2*1H. The van der Waals surface area contributed by atoms with E-state index in [2.05, 4.69) is 15.0 Å². The summed E-state index contributed by atoms with van der Waals surface area (Å²) in [7, 11) is 3.57. The Labute approximate surface area is 198 Å². The number of nitrogens with zero attached hydrogens (tertiary/aromatic N) is 6. The third-order valence-corrected chi connectivity index (χ3v) is 5.14. The topological polar surface area (TPSA) is 70.2 Å². The Bertz CT molecular complexity index is 1220. The molecule has 2 aromatic carbocycles. The van der Waals surface area contributed by atoms with Gasteiger partial charge in [-0.15, -0.1) is 29.9 Å². The zero-order valence-electron chi connectivity index (χ0n) is 17.9. The molecule has 2 aromatic heterocycles. The first kappa shape index (κ1) is 23.4. The molecule has 168 valence electrons. The summed E-state index contributed by atoms with van der Waals surface area (Å²) in [5, 5.41) is 4.66. The van der Waals surface area contributed by atoms with Gasteiger partial charge in [-0.3, -0.25) is 0 Å². The summed E-state index contributed by atoms with van der Waals surface area (Å²) in [5.41, 5.74) is 3.74. The Morgan fingerprint density at radius 2 is 1.88 bits per heavy atom. The second kappa shape index (κ2) is 9.50. The Morgan fingerprint density at radius 1 is 1.06 bits per heavy atom. The monoisotopic (exact) mass is 474 g/mol. The first-order chi connectivity index (χ1) is 14.6. The van der Waals surface area contributed by atoms with Gasteiger partial charge in [0.05, 0.1) is 37.1 Å². The van der Waals surface area contributed by atoms with Crippen molar-refractivity contribution in [2.75, 3.05) is 25.2 Å². The predicted molar refractivity (Wildman–Crippen MR) is 128 cm³/mol. The third-order valence-electron chi connectivity index (χ3n) is 5.14. The van der Waals surface area contributed by atoms with Crippen LogP contribution in [0.25, 0.3) is 17.1 Å². The number of aromatic nitrogens is 5. The average molecular weight is 475 g/mol. The van der Waals surface area contributed by atoms with E-state index in [1.165, 1.54) is 0 Å². The van der Waals surface area contributed by atoms with E-state index in [-0.39, 0.29) is 24.8 Å². The molecule has 4 aromatic rings. The SMILES string of the molecule is COc1cc(-c2nc(N3CCOc4ccccc43)n(C)n2)ccc1-n1cnc(C)c1.Cl.Cl. The number of hydrogen-bond donors (Lipinski definition) is 0. The minimum atomic E-state index is 0. The van der Waals surface area contributed by atoms with Crippen molar-refractivity contribution in [3.63, 3.8) is 0 Å². The summed E-state index contributed by atoms with van der Waals surface area (Å²) < 4.78 is 15.2. The van der Waals surface area contributed by atoms with Gasteiger partial charge >= 0.3 is 0 Å². The molecule has 0 atom stereocenters. The second-order valence-corrected chi connectivity index (χ2v) is 7.14. The Kier molecular flexibility index (Phi) is 6.96. The fourth-order valence-corrected chi connectivity index (χ4v) is 3.69. The molecule has 0 fully saturated rings. The molecule has 0 saturated carbocycles. The first-order valence-corrected chi connectivity index (χ1v) is 9.74. The lowest BCUT2D eigenvalue weighted by Gasteiger charge is -2.29. The minimum Gasteiger partial charge on any atom is -0.495 e. The molecular formula is C22H24Cl2N6O2. The molecule has 10 heteroatoms. The lowest BCUT2D eigenvalue weighted by atomic mass is 10.1. The predicted octanol–water partition coefficient (Wildman–Crippen LogP) is 4.36. The Balaban J connectivity index is 0.00000144. The molecule has 0 spiro atoms. The molecule has 8 nitrogen and oxygen atoms in total. The molecule has 0 N–H and O–H groups in total. The van der Waals surface area contributed by atoms with Gasteiger partial charge in [-0.05, 0) is 37.3 Å².